The van der Waals surface area contributed by atoms with Crippen LogP contribution in [0.15, 0.2) is 21.9 Å². The molecule has 0 saturated carbocycles. The molecule has 9 nitrogen and oxygen atoms in total. The summed E-state index contributed by atoms with van der Waals surface area (Å²) in [6, 6.07) is 0. The number of aromatic amines is 1. The molecule has 1 fully saturated rings. The Labute approximate surface area is 124 Å². The van der Waals surface area contributed by atoms with E-state index >= 15 is 0 Å². The molecule has 0 aliphatic carbocycles. The molecule has 1 aliphatic rings. The first-order chi connectivity index (χ1) is 10.5. The number of aromatic nitrogens is 2. The minimum Gasteiger partial charge on any atom is -0.466 e. The molecule has 0 bridgehead atoms. The Morgan fingerprint density at radius 2 is 2.32 bits per heavy atom. The Kier molecular flexibility index (Phi) is 4.91. The lowest BCUT2D eigenvalue weighted by atomic mass is 10.1. The van der Waals surface area contributed by atoms with Crippen LogP contribution in [-0.4, -0.2) is 52.2 Å². The number of nitrogens with zero attached hydrogens (tertiary/aromatic N) is 1. The van der Waals surface area contributed by atoms with Crippen molar-refractivity contribution < 1.29 is 24.5 Å². The summed E-state index contributed by atoms with van der Waals surface area (Å²) >= 11 is 0. The number of nitrogens with one attached hydrogen (secondary N) is 1. The molecule has 0 unspecified atom stereocenters. The fraction of sp³-hybridized carbons (Fsp3) is 0.462. The average molecular weight is 312 g/mol. The van der Waals surface area contributed by atoms with E-state index in [4.69, 9.17) is 9.84 Å². The van der Waals surface area contributed by atoms with Crippen LogP contribution in [0, 0.1) is 5.92 Å². The van der Waals surface area contributed by atoms with Gasteiger partial charge in [0.05, 0.1) is 25.9 Å². The van der Waals surface area contributed by atoms with Crippen molar-refractivity contribution in [1.82, 2.24) is 9.55 Å². The van der Waals surface area contributed by atoms with E-state index in [1.807, 2.05) is 0 Å². The maximum Gasteiger partial charge on any atom is 0.330 e. The number of hydrogen-bond acceptors (Lipinski definition) is 7. The summed E-state index contributed by atoms with van der Waals surface area (Å²) in [4.78, 5) is 36.7. The Balaban J connectivity index is 2.37. The van der Waals surface area contributed by atoms with Crippen molar-refractivity contribution in [3.05, 3.63) is 38.7 Å². The minimum absolute atomic E-state index is 0.0215. The predicted octanol–water partition coefficient (Wildman–Crippen LogP) is -1.78. The Morgan fingerprint density at radius 3 is 2.91 bits per heavy atom. The molecule has 1 aliphatic heterocycles. The van der Waals surface area contributed by atoms with Crippen LogP contribution >= 0.6 is 0 Å². The van der Waals surface area contributed by atoms with Gasteiger partial charge in [-0.2, -0.15) is 0 Å². The Morgan fingerprint density at radius 1 is 1.59 bits per heavy atom. The standard InChI is InChI=1S/C13H16N2O7/c1-21-9(17)3-2-7-4-15(13(20)14-11(7)19)12-10(18)8(5-16)6-22-12/h2-4,8,10,12,16,18H,5-6H2,1H3,(H,14,19,20)/b3-2+/t8-,10-,12-/m1/s1. The third-order valence-electron chi connectivity index (χ3n) is 3.36. The summed E-state index contributed by atoms with van der Waals surface area (Å²) in [6.45, 7) is -0.202. The third-order valence-corrected chi connectivity index (χ3v) is 3.36. The fourth-order valence-corrected chi connectivity index (χ4v) is 2.09. The van der Waals surface area contributed by atoms with E-state index < -0.39 is 35.5 Å². The second-order valence-corrected chi connectivity index (χ2v) is 4.76. The number of carbonyl (C=O) groups is 1. The number of rotatable bonds is 4. The quantitative estimate of drug-likeness (QED) is 0.442. The lowest BCUT2D eigenvalue weighted by Crippen LogP contribution is -2.37. The van der Waals surface area contributed by atoms with Gasteiger partial charge in [0.15, 0.2) is 6.23 Å². The van der Waals surface area contributed by atoms with Crippen LogP contribution in [-0.2, 0) is 14.3 Å². The van der Waals surface area contributed by atoms with Crippen LogP contribution in [0.2, 0.25) is 0 Å². The van der Waals surface area contributed by atoms with E-state index in [0.717, 1.165) is 10.6 Å². The molecule has 3 atom stereocenters. The second-order valence-electron chi connectivity index (χ2n) is 4.76. The van der Waals surface area contributed by atoms with E-state index in [-0.39, 0.29) is 18.8 Å². The molecule has 22 heavy (non-hydrogen) atoms. The maximum atomic E-state index is 11.9. The highest BCUT2D eigenvalue weighted by molar-refractivity contribution is 5.86. The highest BCUT2D eigenvalue weighted by Gasteiger charge is 2.37. The zero-order valence-corrected chi connectivity index (χ0v) is 11.8. The number of carbonyl (C=O) groups excluding carboxylic acids is 1. The summed E-state index contributed by atoms with van der Waals surface area (Å²) < 4.78 is 10.7. The first-order valence-corrected chi connectivity index (χ1v) is 6.50. The molecule has 3 N–H and O–H groups in total. The van der Waals surface area contributed by atoms with Gasteiger partial charge in [-0.05, 0) is 6.08 Å². The van der Waals surface area contributed by atoms with Crippen molar-refractivity contribution in [3.63, 3.8) is 0 Å². The molecule has 0 amide bonds. The topological polar surface area (TPSA) is 131 Å². The van der Waals surface area contributed by atoms with E-state index in [1.54, 1.807) is 0 Å². The third kappa shape index (κ3) is 3.16. The van der Waals surface area contributed by atoms with Crippen molar-refractivity contribution in [2.45, 2.75) is 12.3 Å². The zero-order chi connectivity index (χ0) is 16.3. The number of hydrogen-bond donors (Lipinski definition) is 3. The van der Waals surface area contributed by atoms with Gasteiger partial charge < -0.3 is 19.7 Å². The monoisotopic (exact) mass is 312 g/mol. The zero-order valence-electron chi connectivity index (χ0n) is 11.8. The number of ether oxygens (including phenoxy) is 2. The van der Waals surface area contributed by atoms with Gasteiger partial charge in [-0.25, -0.2) is 9.59 Å². The molecular weight excluding hydrogens is 296 g/mol. The van der Waals surface area contributed by atoms with Crippen LogP contribution in [0.5, 0.6) is 0 Å². The van der Waals surface area contributed by atoms with Gasteiger partial charge >= 0.3 is 11.7 Å². The number of methoxy groups -OCH3 is 1. The van der Waals surface area contributed by atoms with Crippen LogP contribution in [0.25, 0.3) is 6.08 Å². The SMILES string of the molecule is COC(=O)/C=C/c1cn([C@@H]2OC[C@@H](CO)[C@H]2O)c(=O)[nH]c1=O. The predicted molar refractivity (Wildman–Crippen MR) is 73.9 cm³/mol. The highest BCUT2D eigenvalue weighted by Crippen LogP contribution is 2.27. The van der Waals surface area contributed by atoms with Gasteiger partial charge in [0.25, 0.3) is 5.56 Å². The number of aliphatic hydroxyl groups excluding tert-OH is 2. The second kappa shape index (κ2) is 6.69. The Hall–Kier alpha value is -2.23. The van der Waals surface area contributed by atoms with Gasteiger partial charge in [0.1, 0.15) is 6.10 Å². The molecule has 1 saturated heterocycles. The minimum atomic E-state index is -1.09. The summed E-state index contributed by atoms with van der Waals surface area (Å²) in [7, 11) is 1.19. The fourth-order valence-electron chi connectivity index (χ4n) is 2.09. The first kappa shape index (κ1) is 16.1. The molecule has 9 heteroatoms. The number of H-pyrrole nitrogens is 1. The molecule has 1 aromatic heterocycles. The summed E-state index contributed by atoms with van der Waals surface area (Å²) in [5.41, 5.74) is -1.43. The van der Waals surface area contributed by atoms with Gasteiger partial charge in [0, 0.05) is 18.2 Å². The number of aliphatic hydroxyl groups is 2. The van der Waals surface area contributed by atoms with Crippen LogP contribution in [0.4, 0.5) is 0 Å². The highest BCUT2D eigenvalue weighted by atomic mass is 16.5. The molecule has 1 aromatic rings. The van der Waals surface area contributed by atoms with Gasteiger partial charge in [-0.1, -0.05) is 0 Å². The molecular formula is C13H16N2O7. The van der Waals surface area contributed by atoms with E-state index in [0.29, 0.717) is 0 Å². The summed E-state index contributed by atoms with van der Waals surface area (Å²) in [6.07, 6.45) is 1.28. The Bertz CT molecular complexity index is 690. The summed E-state index contributed by atoms with van der Waals surface area (Å²) in [5.74, 6) is -1.17. The van der Waals surface area contributed by atoms with E-state index in [9.17, 15) is 19.5 Å². The van der Waals surface area contributed by atoms with Crippen LogP contribution in [0.3, 0.4) is 0 Å². The van der Waals surface area contributed by atoms with Crippen LogP contribution < -0.4 is 11.2 Å². The molecule has 120 valence electrons. The molecule has 0 aromatic carbocycles. The first-order valence-electron chi connectivity index (χ1n) is 6.50. The van der Waals surface area contributed by atoms with Gasteiger partial charge in [0.2, 0.25) is 0 Å². The maximum absolute atomic E-state index is 11.9. The molecule has 2 rings (SSSR count). The largest absolute Gasteiger partial charge is 0.466 e. The van der Waals surface area contributed by atoms with Gasteiger partial charge in [-0.3, -0.25) is 14.3 Å². The summed E-state index contributed by atoms with van der Waals surface area (Å²) in [5, 5.41) is 19.1. The van der Waals surface area contributed by atoms with Crippen molar-refractivity contribution >= 4 is 12.0 Å². The van der Waals surface area contributed by atoms with Crippen LogP contribution in [0.1, 0.15) is 11.8 Å². The van der Waals surface area contributed by atoms with Crippen molar-refractivity contribution in [2.75, 3.05) is 20.3 Å². The van der Waals surface area contributed by atoms with E-state index in [2.05, 4.69) is 9.72 Å². The molecule has 0 spiro atoms. The molecule has 0 radical (unpaired) electrons. The average Bonchev–Trinajstić information content (AvgIpc) is 2.87. The molecule has 2 heterocycles. The number of esters is 1. The van der Waals surface area contributed by atoms with Crippen molar-refractivity contribution in [1.29, 1.82) is 0 Å². The normalized spacial score (nSPS) is 24.8. The smallest absolute Gasteiger partial charge is 0.330 e. The van der Waals surface area contributed by atoms with Gasteiger partial charge in [-0.15, -0.1) is 0 Å². The van der Waals surface area contributed by atoms with E-state index in [1.165, 1.54) is 19.4 Å². The lowest BCUT2D eigenvalue weighted by Gasteiger charge is -2.18. The van der Waals surface area contributed by atoms with Crippen molar-refractivity contribution in [2.24, 2.45) is 5.92 Å². The van der Waals surface area contributed by atoms with Crippen molar-refractivity contribution in [3.8, 4) is 0 Å². The lowest BCUT2D eigenvalue weighted by molar-refractivity contribution is -0.134.